The number of hydrogen-bond donors (Lipinski definition) is 1. The summed E-state index contributed by atoms with van der Waals surface area (Å²) in [5, 5.41) is 3.08. The van der Waals surface area contributed by atoms with E-state index in [-0.39, 0.29) is 5.56 Å². The first-order valence-corrected chi connectivity index (χ1v) is 6.55. The van der Waals surface area contributed by atoms with Crippen LogP contribution in [0.3, 0.4) is 0 Å². The third-order valence-corrected chi connectivity index (χ3v) is 4.45. The van der Waals surface area contributed by atoms with E-state index < -0.39 is 0 Å². The molecule has 2 aromatic rings. The second-order valence-electron chi connectivity index (χ2n) is 4.26. The third-order valence-electron chi connectivity index (χ3n) is 3.16. The van der Waals surface area contributed by atoms with Gasteiger partial charge < -0.3 is 0 Å². The fourth-order valence-corrected chi connectivity index (χ4v) is 2.77. The van der Waals surface area contributed by atoms with E-state index in [0.29, 0.717) is 0 Å². The summed E-state index contributed by atoms with van der Waals surface area (Å²) in [5.41, 5.74) is 3.79. The van der Waals surface area contributed by atoms with Crippen molar-refractivity contribution in [1.82, 2.24) is 14.6 Å². The number of halogens is 1. The van der Waals surface area contributed by atoms with E-state index in [4.69, 9.17) is 0 Å². The van der Waals surface area contributed by atoms with Crippen LogP contribution in [-0.4, -0.2) is 14.6 Å². The molecule has 0 amide bonds. The Hall–Kier alpha value is -0.850. The molecule has 2 heterocycles. The van der Waals surface area contributed by atoms with Crippen LogP contribution in [0, 0.1) is 10.5 Å². The summed E-state index contributed by atoms with van der Waals surface area (Å²) in [6.45, 7) is 1.97. The van der Waals surface area contributed by atoms with Gasteiger partial charge in [-0.3, -0.25) is 9.89 Å². The van der Waals surface area contributed by atoms with Crippen LogP contribution in [0.4, 0.5) is 0 Å². The molecule has 0 aliphatic heterocycles. The van der Waals surface area contributed by atoms with Crippen LogP contribution in [-0.2, 0) is 12.8 Å². The fraction of sp³-hybridized carbons (Fsp3) is 0.455. The maximum Gasteiger partial charge on any atom is 0.276 e. The van der Waals surface area contributed by atoms with E-state index in [1.165, 1.54) is 0 Å². The van der Waals surface area contributed by atoms with Crippen LogP contribution in [0.1, 0.15) is 29.8 Å². The molecule has 0 aromatic carbocycles. The SMILES string of the molecule is Cc1[nH]n2c(=O)c3c(nc2c1I)CCCC3. The molecular formula is C11H12IN3O. The topological polar surface area (TPSA) is 50.2 Å². The Kier molecular flexibility index (Phi) is 2.31. The molecule has 1 aliphatic carbocycles. The van der Waals surface area contributed by atoms with E-state index in [1.54, 1.807) is 4.52 Å². The minimum atomic E-state index is 0.0886. The van der Waals surface area contributed by atoms with Gasteiger partial charge in [-0.15, -0.1) is 0 Å². The van der Waals surface area contributed by atoms with E-state index in [0.717, 1.165) is 51.9 Å². The highest BCUT2D eigenvalue weighted by atomic mass is 127. The van der Waals surface area contributed by atoms with Crippen LogP contribution in [0.5, 0.6) is 0 Å². The van der Waals surface area contributed by atoms with Crippen molar-refractivity contribution in [3.05, 3.63) is 30.9 Å². The molecule has 0 radical (unpaired) electrons. The molecule has 0 bridgehead atoms. The number of aromatic amines is 1. The third kappa shape index (κ3) is 1.33. The number of rotatable bonds is 0. The lowest BCUT2D eigenvalue weighted by molar-refractivity contribution is 0.651. The summed E-state index contributed by atoms with van der Waals surface area (Å²) in [7, 11) is 0. The molecule has 0 atom stereocenters. The summed E-state index contributed by atoms with van der Waals surface area (Å²) < 4.78 is 2.63. The van der Waals surface area contributed by atoms with E-state index in [2.05, 4.69) is 32.7 Å². The van der Waals surface area contributed by atoms with Gasteiger partial charge in [0, 0.05) is 11.3 Å². The molecule has 0 saturated carbocycles. The lowest BCUT2D eigenvalue weighted by atomic mass is 9.97. The fourth-order valence-electron chi connectivity index (χ4n) is 2.29. The van der Waals surface area contributed by atoms with Crippen LogP contribution in [0.25, 0.3) is 5.65 Å². The van der Waals surface area contributed by atoms with Crippen LogP contribution in [0.2, 0.25) is 0 Å². The average Bonchev–Trinajstić information content (AvgIpc) is 2.58. The Morgan fingerprint density at radius 1 is 1.38 bits per heavy atom. The number of nitrogens with one attached hydrogen (secondary N) is 1. The maximum atomic E-state index is 12.2. The van der Waals surface area contributed by atoms with E-state index >= 15 is 0 Å². The highest BCUT2D eigenvalue weighted by Crippen LogP contribution is 2.20. The molecule has 4 nitrogen and oxygen atoms in total. The second-order valence-corrected chi connectivity index (χ2v) is 5.34. The summed E-state index contributed by atoms with van der Waals surface area (Å²) in [6, 6.07) is 0. The zero-order chi connectivity index (χ0) is 11.3. The van der Waals surface area contributed by atoms with Crippen LogP contribution >= 0.6 is 22.6 Å². The van der Waals surface area contributed by atoms with E-state index in [1.807, 2.05) is 6.92 Å². The lowest BCUT2D eigenvalue weighted by Gasteiger charge is -2.13. The van der Waals surface area contributed by atoms with Crippen molar-refractivity contribution in [2.75, 3.05) is 0 Å². The number of H-pyrrole nitrogens is 1. The van der Waals surface area contributed by atoms with Crippen LogP contribution in [0.15, 0.2) is 4.79 Å². The second kappa shape index (κ2) is 3.58. The van der Waals surface area contributed by atoms with Crippen LogP contribution < -0.4 is 5.56 Å². The number of fused-ring (bicyclic) bond motifs is 2. The normalized spacial score (nSPS) is 15.4. The predicted octanol–water partition coefficient (Wildman–Crippen LogP) is 1.81. The molecular weight excluding hydrogens is 317 g/mol. The van der Waals surface area contributed by atoms with Crippen molar-refractivity contribution in [2.45, 2.75) is 32.6 Å². The number of nitrogens with zero attached hydrogens (tertiary/aromatic N) is 2. The van der Waals surface area contributed by atoms with Gasteiger partial charge in [0.2, 0.25) is 0 Å². The smallest absolute Gasteiger partial charge is 0.276 e. The first kappa shape index (κ1) is 10.3. The molecule has 5 heteroatoms. The molecule has 1 aliphatic rings. The van der Waals surface area contributed by atoms with Gasteiger partial charge in [0.25, 0.3) is 5.56 Å². The van der Waals surface area contributed by atoms with Crippen molar-refractivity contribution in [3.63, 3.8) is 0 Å². The van der Waals surface area contributed by atoms with Gasteiger partial charge >= 0.3 is 0 Å². The molecule has 1 N–H and O–H groups in total. The van der Waals surface area contributed by atoms with Crippen molar-refractivity contribution in [1.29, 1.82) is 0 Å². The number of aryl methyl sites for hydroxylation is 2. The monoisotopic (exact) mass is 329 g/mol. The molecule has 0 saturated heterocycles. The molecule has 3 rings (SSSR count). The van der Waals surface area contributed by atoms with Gasteiger partial charge in [0.1, 0.15) is 0 Å². The standard InChI is InChI=1S/C11H12IN3O/c1-6-9(12)10-13-8-5-3-2-4-7(8)11(16)15(10)14-6/h14H,2-5H2,1H3. The maximum absolute atomic E-state index is 12.2. The van der Waals surface area contributed by atoms with Gasteiger partial charge in [-0.05, 0) is 55.2 Å². The van der Waals surface area contributed by atoms with Gasteiger partial charge in [-0.25, -0.2) is 9.50 Å². The summed E-state index contributed by atoms with van der Waals surface area (Å²) in [5.74, 6) is 0. The first-order chi connectivity index (χ1) is 7.68. The van der Waals surface area contributed by atoms with Gasteiger partial charge in [-0.1, -0.05) is 0 Å². The van der Waals surface area contributed by atoms with Crippen molar-refractivity contribution in [2.24, 2.45) is 0 Å². The highest BCUT2D eigenvalue weighted by Gasteiger charge is 2.19. The van der Waals surface area contributed by atoms with Gasteiger partial charge in [-0.2, -0.15) is 0 Å². The molecule has 16 heavy (non-hydrogen) atoms. The van der Waals surface area contributed by atoms with Crippen molar-refractivity contribution >= 4 is 28.2 Å². The molecule has 0 unspecified atom stereocenters. The molecule has 84 valence electrons. The first-order valence-electron chi connectivity index (χ1n) is 5.47. The number of hydrogen-bond acceptors (Lipinski definition) is 2. The predicted molar refractivity (Wildman–Crippen MR) is 69.9 cm³/mol. The van der Waals surface area contributed by atoms with E-state index in [9.17, 15) is 4.79 Å². The average molecular weight is 329 g/mol. The summed E-state index contributed by atoms with van der Waals surface area (Å²) in [4.78, 5) is 16.8. The Morgan fingerprint density at radius 3 is 2.94 bits per heavy atom. The zero-order valence-electron chi connectivity index (χ0n) is 9.01. The Labute approximate surface area is 106 Å². The van der Waals surface area contributed by atoms with Gasteiger partial charge in [0.15, 0.2) is 5.65 Å². The molecule has 0 spiro atoms. The zero-order valence-corrected chi connectivity index (χ0v) is 11.2. The summed E-state index contributed by atoms with van der Waals surface area (Å²) >= 11 is 2.24. The summed E-state index contributed by atoms with van der Waals surface area (Å²) in [6.07, 6.45) is 4.07. The highest BCUT2D eigenvalue weighted by molar-refractivity contribution is 14.1. The molecule has 2 aromatic heterocycles. The van der Waals surface area contributed by atoms with Crippen molar-refractivity contribution < 1.29 is 0 Å². The van der Waals surface area contributed by atoms with Crippen molar-refractivity contribution in [3.8, 4) is 0 Å². The molecule has 0 fully saturated rings. The lowest BCUT2D eigenvalue weighted by Crippen LogP contribution is -2.25. The Morgan fingerprint density at radius 2 is 2.12 bits per heavy atom. The minimum absolute atomic E-state index is 0.0886. The quantitative estimate of drug-likeness (QED) is 0.750. The largest absolute Gasteiger partial charge is 0.293 e. The Balaban J connectivity index is 2.44. The minimum Gasteiger partial charge on any atom is -0.293 e. The van der Waals surface area contributed by atoms with Gasteiger partial charge in [0.05, 0.1) is 9.26 Å². The Bertz CT molecular complexity index is 626. The number of aromatic nitrogens is 3.